The molecule has 0 saturated carbocycles. The first kappa shape index (κ1) is 8.84. The van der Waals surface area contributed by atoms with Crippen LogP contribution in [0.1, 0.15) is 0 Å². The van der Waals surface area contributed by atoms with Crippen LogP contribution in [0.5, 0.6) is 0 Å². The number of nitrogens with two attached hydrogens (primary N) is 1. The molecule has 0 aliphatic rings. The zero-order valence-electron chi connectivity index (χ0n) is 8.41. The third-order valence-corrected chi connectivity index (χ3v) is 2.38. The van der Waals surface area contributed by atoms with E-state index in [0.717, 1.165) is 5.56 Å². The van der Waals surface area contributed by atoms with Gasteiger partial charge in [-0.2, -0.15) is 9.61 Å². The smallest absolute Gasteiger partial charge is 0.187 e. The molecule has 2 aromatic heterocycles. The second-order valence-corrected chi connectivity index (χ2v) is 3.40. The van der Waals surface area contributed by atoms with Crippen LogP contribution in [-0.4, -0.2) is 19.8 Å². The van der Waals surface area contributed by atoms with E-state index in [9.17, 15) is 0 Å². The standard InChI is InChI=1S/C11H9N5/c12-9-5-2-1-4-8(9)11-15-14-10-6-3-7-13-16(10)11/h1-7H,12H2. The average molecular weight is 211 g/mol. The summed E-state index contributed by atoms with van der Waals surface area (Å²) in [5.41, 5.74) is 8.11. The fourth-order valence-corrected chi connectivity index (χ4v) is 1.61. The lowest BCUT2D eigenvalue weighted by Crippen LogP contribution is -1.96. The Morgan fingerprint density at radius 1 is 1.00 bits per heavy atom. The number of benzene rings is 1. The first-order chi connectivity index (χ1) is 7.86. The Morgan fingerprint density at radius 3 is 2.75 bits per heavy atom. The van der Waals surface area contributed by atoms with Gasteiger partial charge in [0.05, 0.1) is 0 Å². The van der Waals surface area contributed by atoms with Gasteiger partial charge in [0.1, 0.15) is 0 Å². The van der Waals surface area contributed by atoms with Crippen molar-refractivity contribution in [2.45, 2.75) is 0 Å². The number of rotatable bonds is 1. The monoisotopic (exact) mass is 211 g/mol. The maximum absolute atomic E-state index is 5.89. The summed E-state index contributed by atoms with van der Waals surface area (Å²) < 4.78 is 1.67. The summed E-state index contributed by atoms with van der Waals surface area (Å²) >= 11 is 0. The Kier molecular flexibility index (Phi) is 1.83. The number of aromatic nitrogens is 4. The molecular weight excluding hydrogens is 202 g/mol. The van der Waals surface area contributed by atoms with E-state index < -0.39 is 0 Å². The van der Waals surface area contributed by atoms with E-state index in [0.29, 0.717) is 17.2 Å². The molecule has 0 amide bonds. The molecule has 0 bridgehead atoms. The molecule has 3 rings (SSSR count). The third kappa shape index (κ3) is 1.22. The largest absolute Gasteiger partial charge is 0.398 e. The zero-order valence-corrected chi connectivity index (χ0v) is 8.41. The molecule has 0 unspecified atom stereocenters. The number of para-hydroxylation sites is 1. The van der Waals surface area contributed by atoms with Gasteiger partial charge in [0.15, 0.2) is 11.5 Å². The van der Waals surface area contributed by atoms with E-state index in [2.05, 4.69) is 15.3 Å². The highest BCUT2D eigenvalue weighted by Crippen LogP contribution is 2.23. The van der Waals surface area contributed by atoms with E-state index >= 15 is 0 Å². The molecule has 0 fully saturated rings. The molecule has 1 aromatic carbocycles. The van der Waals surface area contributed by atoms with Crippen LogP contribution in [-0.2, 0) is 0 Å². The summed E-state index contributed by atoms with van der Waals surface area (Å²) in [5.74, 6) is 0.661. The van der Waals surface area contributed by atoms with E-state index in [4.69, 9.17) is 5.73 Å². The van der Waals surface area contributed by atoms with E-state index in [1.165, 1.54) is 0 Å². The SMILES string of the molecule is Nc1ccccc1-c1nnc2cccnn12. The predicted molar refractivity (Wildman–Crippen MR) is 60.6 cm³/mol. The lowest BCUT2D eigenvalue weighted by Gasteiger charge is -2.01. The number of nitrogen functional groups attached to an aromatic ring is 1. The second-order valence-electron chi connectivity index (χ2n) is 3.40. The minimum absolute atomic E-state index is 0.661. The van der Waals surface area contributed by atoms with Crippen LogP contribution in [0.4, 0.5) is 5.69 Å². The molecule has 2 N–H and O–H groups in total. The molecule has 5 heteroatoms. The van der Waals surface area contributed by atoms with Gasteiger partial charge in [-0.1, -0.05) is 12.1 Å². The van der Waals surface area contributed by atoms with Gasteiger partial charge in [-0.05, 0) is 24.3 Å². The first-order valence-electron chi connectivity index (χ1n) is 4.87. The minimum atomic E-state index is 0.661. The van der Waals surface area contributed by atoms with Crippen LogP contribution in [0.15, 0.2) is 42.6 Å². The Balaban J connectivity index is 2.31. The summed E-state index contributed by atoms with van der Waals surface area (Å²) in [5, 5.41) is 12.3. The molecule has 0 aliphatic carbocycles. The maximum atomic E-state index is 5.89. The second kappa shape index (κ2) is 3.30. The van der Waals surface area contributed by atoms with Crippen molar-refractivity contribution in [3.63, 3.8) is 0 Å². The average Bonchev–Trinajstić information content (AvgIpc) is 2.74. The summed E-state index contributed by atoms with van der Waals surface area (Å²) in [6.45, 7) is 0. The Labute approximate surface area is 91.5 Å². The molecule has 5 nitrogen and oxygen atoms in total. The quantitative estimate of drug-likeness (QED) is 0.617. The molecule has 16 heavy (non-hydrogen) atoms. The fourth-order valence-electron chi connectivity index (χ4n) is 1.61. The topological polar surface area (TPSA) is 69.1 Å². The number of nitrogens with zero attached hydrogens (tertiary/aromatic N) is 4. The van der Waals surface area contributed by atoms with Crippen molar-refractivity contribution < 1.29 is 0 Å². The van der Waals surface area contributed by atoms with Crippen molar-refractivity contribution in [1.29, 1.82) is 0 Å². The van der Waals surface area contributed by atoms with Crippen LogP contribution >= 0.6 is 0 Å². The van der Waals surface area contributed by atoms with Crippen molar-refractivity contribution in [2.24, 2.45) is 0 Å². The lowest BCUT2D eigenvalue weighted by molar-refractivity contribution is 0.936. The number of hydrogen-bond acceptors (Lipinski definition) is 4. The van der Waals surface area contributed by atoms with E-state index in [1.807, 2.05) is 36.4 Å². The molecule has 78 valence electrons. The zero-order chi connectivity index (χ0) is 11.0. The molecular formula is C11H9N5. The van der Waals surface area contributed by atoms with Gasteiger partial charge in [0.25, 0.3) is 0 Å². The predicted octanol–water partition coefficient (Wildman–Crippen LogP) is 1.37. The van der Waals surface area contributed by atoms with Crippen molar-refractivity contribution in [1.82, 2.24) is 19.8 Å². The summed E-state index contributed by atoms with van der Waals surface area (Å²) in [4.78, 5) is 0. The van der Waals surface area contributed by atoms with E-state index in [-0.39, 0.29) is 0 Å². The van der Waals surface area contributed by atoms with Gasteiger partial charge in [0.2, 0.25) is 0 Å². The van der Waals surface area contributed by atoms with Crippen LogP contribution in [0.25, 0.3) is 17.0 Å². The van der Waals surface area contributed by atoms with Crippen molar-refractivity contribution in [3.05, 3.63) is 42.6 Å². The Hall–Kier alpha value is -2.43. The van der Waals surface area contributed by atoms with Gasteiger partial charge in [-0.25, -0.2) is 0 Å². The van der Waals surface area contributed by atoms with Gasteiger partial charge in [-0.3, -0.25) is 0 Å². The fraction of sp³-hybridized carbons (Fsp3) is 0. The van der Waals surface area contributed by atoms with Crippen LogP contribution < -0.4 is 5.73 Å². The van der Waals surface area contributed by atoms with Crippen LogP contribution in [0.3, 0.4) is 0 Å². The highest BCUT2D eigenvalue weighted by molar-refractivity contribution is 5.72. The Bertz CT molecular complexity index is 643. The van der Waals surface area contributed by atoms with Gasteiger partial charge in [0, 0.05) is 17.4 Å². The van der Waals surface area contributed by atoms with Crippen LogP contribution in [0.2, 0.25) is 0 Å². The van der Waals surface area contributed by atoms with Crippen molar-refractivity contribution >= 4 is 11.3 Å². The summed E-state index contributed by atoms with van der Waals surface area (Å²) in [6.07, 6.45) is 1.69. The maximum Gasteiger partial charge on any atom is 0.187 e. The molecule has 0 saturated heterocycles. The van der Waals surface area contributed by atoms with E-state index in [1.54, 1.807) is 10.7 Å². The molecule has 0 aliphatic heterocycles. The number of hydrogen-bond donors (Lipinski definition) is 1. The van der Waals surface area contributed by atoms with Crippen LogP contribution in [0, 0.1) is 0 Å². The van der Waals surface area contributed by atoms with Crippen molar-refractivity contribution in [3.8, 4) is 11.4 Å². The summed E-state index contributed by atoms with van der Waals surface area (Å²) in [6, 6.07) is 11.2. The van der Waals surface area contributed by atoms with Gasteiger partial charge < -0.3 is 5.73 Å². The highest BCUT2D eigenvalue weighted by atomic mass is 15.4. The molecule has 2 heterocycles. The Morgan fingerprint density at radius 2 is 1.88 bits per heavy atom. The van der Waals surface area contributed by atoms with Gasteiger partial charge in [-0.15, -0.1) is 10.2 Å². The number of anilines is 1. The normalized spacial score (nSPS) is 10.8. The minimum Gasteiger partial charge on any atom is -0.398 e. The molecule has 0 atom stereocenters. The lowest BCUT2D eigenvalue weighted by atomic mass is 10.2. The van der Waals surface area contributed by atoms with Gasteiger partial charge >= 0.3 is 0 Å². The molecule has 0 spiro atoms. The summed E-state index contributed by atoms with van der Waals surface area (Å²) in [7, 11) is 0. The molecule has 3 aromatic rings. The molecule has 0 radical (unpaired) electrons. The third-order valence-electron chi connectivity index (χ3n) is 2.38. The first-order valence-corrected chi connectivity index (χ1v) is 4.87. The number of fused-ring (bicyclic) bond motifs is 1. The van der Waals surface area contributed by atoms with Crippen molar-refractivity contribution in [2.75, 3.05) is 5.73 Å². The highest BCUT2D eigenvalue weighted by Gasteiger charge is 2.10.